The minimum absolute atomic E-state index is 0.378. The normalized spacial score (nSPS) is 18.0. The second-order valence-corrected chi connectivity index (χ2v) is 4.37. The SMILES string of the molecule is CC(C)OP(N)(=O)OC(=O)[C@H](C)N. The molecule has 0 amide bonds. The zero-order valence-electron chi connectivity index (χ0n) is 7.89. The first-order chi connectivity index (χ1) is 5.74. The third-order valence-corrected chi connectivity index (χ3v) is 2.10. The zero-order chi connectivity index (χ0) is 10.6. The van der Waals surface area contributed by atoms with Crippen molar-refractivity contribution < 1.29 is 18.4 Å². The molecule has 0 rings (SSSR count). The number of carbonyl (C=O) groups is 1. The van der Waals surface area contributed by atoms with Crippen molar-refractivity contribution in [3.8, 4) is 0 Å². The molecule has 0 saturated heterocycles. The second-order valence-electron chi connectivity index (χ2n) is 2.89. The summed E-state index contributed by atoms with van der Waals surface area (Å²) in [4.78, 5) is 10.9. The standard InChI is InChI=1S/C6H15N2O4P/c1-4(2)11-13(8,10)12-6(9)5(3)7/h4-5H,7H2,1-3H3,(H2,8,10)/t5-,13?/m0/s1. The van der Waals surface area contributed by atoms with Crippen molar-refractivity contribution in [2.75, 3.05) is 0 Å². The highest BCUT2D eigenvalue weighted by atomic mass is 31.2. The van der Waals surface area contributed by atoms with Crippen molar-refractivity contribution in [1.29, 1.82) is 0 Å². The number of nitrogens with two attached hydrogens (primary N) is 2. The second kappa shape index (κ2) is 4.72. The lowest BCUT2D eigenvalue weighted by Crippen LogP contribution is -2.29. The van der Waals surface area contributed by atoms with Crippen LogP contribution in [0.5, 0.6) is 0 Å². The molecule has 78 valence electrons. The van der Waals surface area contributed by atoms with Crippen molar-refractivity contribution in [3.63, 3.8) is 0 Å². The number of hydrogen-bond donors (Lipinski definition) is 2. The number of carbonyl (C=O) groups excluding carboxylic acids is 1. The van der Waals surface area contributed by atoms with Crippen molar-refractivity contribution in [2.45, 2.75) is 32.9 Å². The van der Waals surface area contributed by atoms with Gasteiger partial charge >= 0.3 is 13.7 Å². The van der Waals surface area contributed by atoms with Crippen LogP contribution in [0.15, 0.2) is 0 Å². The molecule has 0 aromatic carbocycles. The molecular formula is C6H15N2O4P. The fourth-order valence-corrected chi connectivity index (χ4v) is 1.57. The Balaban J connectivity index is 4.18. The molecule has 0 bridgehead atoms. The molecular weight excluding hydrogens is 195 g/mol. The van der Waals surface area contributed by atoms with E-state index in [2.05, 4.69) is 4.52 Å². The van der Waals surface area contributed by atoms with Gasteiger partial charge < -0.3 is 10.3 Å². The van der Waals surface area contributed by atoms with Crippen LogP contribution in [0.2, 0.25) is 0 Å². The smallest absolute Gasteiger partial charge is 0.379 e. The van der Waals surface area contributed by atoms with Crippen molar-refractivity contribution in [2.24, 2.45) is 11.2 Å². The summed E-state index contributed by atoms with van der Waals surface area (Å²) in [5.74, 6) is -0.841. The molecule has 0 aromatic heterocycles. The van der Waals surface area contributed by atoms with Crippen LogP contribution in [0.3, 0.4) is 0 Å². The highest BCUT2D eigenvalue weighted by Gasteiger charge is 2.26. The molecule has 7 heteroatoms. The monoisotopic (exact) mass is 210 g/mol. The van der Waals surface area contributed by atoms with Crippen LogP contribution in [0.4, 0.5) is 0 Å². The van der Waals surface area contributed by atoms with Gasteiger partial charge in [-0.1, -0.05) is 0 Å². The molecule has 1 unspecified atom stereocenters. The quantitative estimate of drug-likeness (QED) is 0.649. The van der Waals surface area contributed by atoms with Crippen molar-refractivity contribution in [3.05, 3.63) is 0 Å². The highest BCUT2D eigenvalue weighted by Crippen LogP contribution is 2.40. The van der Waals surface area contributed by atoms with Gasteiger partial charge in [0, 0.05) is 0 Å². The zero-order valence-corrected chi connectivity index (χ0v) is 8.78. The van der Waals surface area contributed by atoms with Gasteiger partial charge in [-0.2, -0.15) is 0 Å². The molecule has 13 heavy (non-hydrogen) atoms. The maximum absolute atomic E-state index is 11.2. The van der Waals surface area contributed by atoms with Crippen molar-refractivity contribution in [1.82, 2.24) is 0 Å². The molecule has 0 aromatic rings. The third-order valence-electron chi connectivity index (χ3n) is 0.947. The van der Waals surface area contributed by atoms with Gasteiger partial charge in [0.05, 0.1) is 6.10 Å². The van der Waals surface area contributed by atoms with E-state index < -0.39 is 19.8 Å². The Kier molecular flexibility index (Phi) is 4.56. The summed E-state index contributed by atoms with van der Waals surface area (Å²) >= 11 is 0. The minimum Gasteiger partial charge on any atom is -0.379 e. The van der Waals surface area contributed by atoms with Crippen LogP contribution in [-0.4, -0.2) is 18.1 Å². The maximum atomic E-state index is 11.2. The Hall–Kier alpha value is -0.420. The van der Waals surface area contributed by atoms with Crippen LogP contribution in [0, 0.1) is 0 Å². The van der Waals surface area contributed by atoms with Gasteiger partial charge in [0.2, 0.25) is 0 Å². The Morgan fingerprint density at radius 1 is 1.38 bits per heavy atom. The highest BCUT2D eigenvalue weighted by molar-refractivity contribution is 7.51. The van der Waals surface area contributed by atoms with E-state index in [1.54, 1.807) is 13.8 Å². The first-order valence-electron chi connectivity index (χ1n) is 3.80. The summed E-state index contributed by atoms with van der Waals surface area (Å²) in [6, 6.07) is -0.868. The van der Waals surface area contributed by atoms with Crippen LogP contribution in [-0.2, 0) is 18.4 Å². The molecule has 0 radical (unpaired) electrons. The largest absolute Gasteiger partial charge is 0.458 e. The summed E-state index contributed by atoms with van der Waals surface area (Å²) in [5.41, 5.74) is 10.3. The Bertz CT molecular complexity index is 229. The molecule has 0 saturated carbocycles. The van der Waals surface area contributed by atoms with E-state index in [4.69, 9.17) is 15.8 Å². The van der Waals surface area contributed by atoms with Gasteiger partial charge in [-0.05, 0) is 20.8 Å². The van der Waals surface area contributed by atoms with E-state index in [-0.39, 0.29) is 6.10 Å². The average molecular weight is 210 g/mol. The van der Waals surface area contributed by atoms with Gasteiger partial charge in [0.1, 0.15) is 6.04 Å². The lowest BCUT2D eigenvalue weighted by Gasteiger charge is -2.16. The summed E-state index contributed by atoms with van der Waals surface area (Å²) < 4.78 is 20.2. The summed E-state index contributed by atoms with van der Waals surface area (Å²) in [6.07, 6.45) is -0.378. The van der Waals surface area contributed by atoms with E-state index in [1.807, 2.05) is 0 Å². The van der Waals surface area contributed by atoms with Gasteiger partial charge in [0.15, 0.2) is 0 Å². The first kappa shape index (κ1) is 12.6. The van der Waals surface area contributed by atoms with E-state index >= 15 is 0 Å². The summed E-state index contributed by atoms with van der Waals surface area (Å²) in [7, 11) is -3.79. The predicted molar refractivity (Wildman–Crippen MR) is 47.8 cm³/mol. The molecule has 0 aliphatic carbocycles. The minimum atomic E-state index is -3.79. The topological polar surface area (TPSA) is 105 Å². The average Bonchev–Trinajstić information content (AvgIpc) is 1.81. The fourth-order valence-electron chi connectivity index (χ4n) is 0.524. The van der Waals surface area contributed by atoms with E-state index in [0.29, 0.717) is 0 Å². The van der Waals surface area contributed by atoms with Crippen LogP contribution in [0.1, 0.15) is 20.8 Å². The summed E-state index contributed by atoms with van der Waals surface area (Å²) in [6.45, 7) is 4.65. The van der Waals surface area contributed by atoms with E-state index in [1.165, 1.54) is 6.92 Å². The molecule has 6 nitrogen and oxygen atoms in total. The fraction of sp³-hybridized carbons (Fsp3) is 0.833. The number of rotatable bonds is 4. The third kappa shape index (κ3) is 5.76. The maximum Gasteiger partial charge on any atom is 0.458 e. The van der Waals surface area contributed by atoms with E-state index in [9.17, 15) is 9.36 Å². The molecule has 4 N–H and O–H groups in total. The van der Waals surface area contributed by atoms with Gasteiger partial charge in [-0.15, -0.1) is 0 Å². The van der Waals surface area contributed by atoms with Gasteiger partial charge in [0.25, 0.3) is 0 Å². The molecule has 0 heterocycles. The van der Waals surface area contributed by atoms with Crippen LogP contribution in [0.25, 0.3) is 0 Å². The number of hydrogen-bond acceptors (Lipinski definition) is 5. The van der Waals surface area contributed by atoms with Crippen molar-refractivity contribution >= 4 is 13.7 Å². The molecule has 2 atom stereocenters. The Labute approximate surface area is 77.2 Å². The lowest BCUT2D eigenvalue weighted by atomic mass is 10.4. The van der Waals surface area contributed by atoms with Crippen LogP contribution >= 0.6 is 7.75 Å². The van der Waals surface area contributed by atoms with E-state index in [0.717, 1.165) is 0 Å². The molecule has 0 spiro atoms. The predicted octanol–water partition coefficient (Wildman–Crippen LogP) is 0.369. The Morgan fingerprint density at radius 2 is 1.85 bits per heavy atom. The molecule has 0 fully saturated rings. The molecule has 0 aliphatic rings. The van der Waals surface area contributed by atoms with Gasteiger partial charge in [-0.3, -0.25) is 9.32 Å². The first-order valence-corrected chi connectivity index (χ1v) is 5.42. The lowest BCUT2D eigenvalue weighted by molar-refractivity contribution is -0.136. The Morgan fingerprint density at radius 3 is 2.15 bits per heavy atom. The summed E-state index contributed by atoms with van der Waals surface area (Å²) in [5, 5.41) is 0. The van der Waals surface area contributed by atoms with Crippen LogP contribution < -0.4 is 11.2 Å². The van der Waals surface area contributed by atoms with Gasteiger partial charge in [-0.25, -0.2) is 10.1 Å². The molecule has 0 aliphatic heterocycles.